The molecule has 2 amide bonds. The van der Waals surface area contributed by atoms with Crippen molar-refractivity contribution in [3.8, 4) is 0 Å². The minimum atomic E-state index is -0.940. The Kier molecular flexibility index (Phi) is 7.69. The largest absolute Gasteiger partial charge is 0.463 e. The topological polar surface area (TPSA) is 99.2 Å². The zero-order chi connectivity index (χ0) is 24.1. The molecule has 0 N–H and O–H groups in total. The van der Waals surface area contributed by atoms with Gasteiger partial charge in [-0.05, 0) is 0 Å². The Morgan fingerprint density at radius 1 is 0.969 bits per heavy atom. The maximum absolute atomic E-state index is 13.3. The molecule has 0 aromatic heterocycles. The van der Waals surface area contributed by atoms with Crippen molar-refractivity contribution in [1.29, 1.82) is 0 Å². The number of amides is 2. The van der Waals surface area contributed by atoms with Crippen molar-refractivity contribution in [3.05, 3.63) is 31.2 Å². The molecule has 8 nitrogen and oxygen atoms in total. The van der Waals surface area contributed by atoms with Gasteiger partial charge >= 0.3 is 11.9 Å². The molecule has 3 rings (SSSR count). The average Bonchev–Trinajstić information content (AvgIpc) is 2.96. The van der Waals surface area contributed by atoms with Crippen molar-refractivity contribution >= 4 is 86.1 Å². The molecule has 1 fully saturated rings. The SMILES string of the molecule is CC(=O)OCC1OC(Br)C(N2C(=O)c3c(Cl)c(Cl)c(Cl)c(Cl)c3C2=O)[C@@H](C)[C@H]1OC(C)=O. The predicted octanol–water partition coefficient (Wildman–Crippen LogP) is 4.52. The van der Waals surface area contributed by atoms with Gasteiger partial charge in [-0.15, -0.1) is 0 Å². The van der Waals surface area contributed by atoms with Crippen molar-refractivity contribution in [2.75, 3.05) is 6.61 Å². The van der Waals surface area contributed by atoms with Gasteiger partial charge < -0.3 is 14.2 Å². The lowest BCUT2D eigenvalue weighted by Crippen LogP contribution is -2.61. The van der Waals surface area contributed by atoms with Crippen LogP contribution in [-0.2, 0) is 23.8 Å². The first-order valence-electron chi connectivity index (χ1n) is 9.22. The van der Waals surface area contributed by atoms with E-state index in [4.69, 9.17) is 60.6 Å². The van der Waals surface area contributed by atoms with Crippen LogP contribution in [0.5, 0.6) is 0 Å². The monoisotopic (exact) mass is 589 g/mol. The van der Waals surface area contributed by atoms with Crippen LogP contribution in [0.15, 0.2) is 0 Å². The highest BCUT2D eigenvalue weighted by molar-refractivity contribution is 9.09. The van der Waals surface area contributed by atoms with Gasteiger partial charge in [0.1, 0.15) is 23.8 Å². The van der Waals surface area contributed by atoms with Crippen LogP contribution in [0.25, 0.3) is 0 Å². The van der Waals surface area contributed by atoms with Gasteiger partial charge in [0, 0.05) is 19.8 Å². The number of fused-ring (bicyclic) bond motifs is 1. The van der Waals surface area contributed by atoms with Gasteiger partial charge in [0.15, 0.2) is 0 Å². The third-order valence-electron chi connectivity index (χ3n) is 5.18. The van der Waals surface area contributed by atoms with Crippen molar-refractivity contribution in [3.63, 3.8) is 0 Å². The number of benzene rings is 1. The molecule has 0 aliphatic carbocycles. The minimum Gasteiger partial charge on any atom is -0.463 e. The maximum Gasteiger partial charge on any atom is 0.303 e. The van der Waals surface area contributed by atoms with E-state index >= 15 is 0 Å². The second-order valence-corrected chi connectivity index (χ2v) is 9.65. The van der Waals surface area contributed by atoms with E-state index in [0.717, 1.165) is 4.90 Å². The number of hydrogen-bond donors (Lipinski definition) is 0. The molecule has 0 saturated carbocycles. The van der Waals surface area contributed by atoms with Gasteiger partial charge in [-0.1, -0.05) is 69.3 Å². The number of nitrogens with zero attached hydrogens (tertiary/aromatic N) is 1. The summed E-state index contributed by atoms with van der Waals surface area (Å²) in [6.45, 7) is 3.90. The lowest BCUT2D eigenvalue weighted by molar-refractivity contribution is -0.190. The Balaban J connectivity index is 2.01. The second kappa shape index (κ2) is 9.64. The molecule has 0 bridgehead atoms. The van der Waals surface area contributed by atoms with Crippen LogP contribution in [0.3, 0.4) is 0 Å². The molecule has 2 aliphatic rings. The van der Waals surface area contributed by atoms with Gasteiger partial charge in [0.2, 0.25) is 0 Å². The van der Waals surface area contributed by atoms with Crippen LogP contribution >= 0.6 is 62.3 Å². The molecule has 0 spiro atoms. The van der Waals surface area contributed by atoms with E-state index in [1.807, 2.05) is 0 Å². The lowest BCUT2D eigenvalue weighted by Gasteiger charge is -2.45. The smallest absolute Gasteiger partial charge is 0.303 e. The van der Waals surface area contributed by atoms with E-state index in [2.05, 4.69) is 15.9 Å². The number of alkyl halides is 1. The first-order valence-corrected chi connectivity index (χ1v) is 11.6. The zero-order valence-corrected chi connectivity index (χ0v) is 21.4. The van der Waals surface area contributed by atoms with E-state index in [-0.39, 0.29) is 37.8 Å². The summed E-state index contributed by atoms with van der Waals surface area (Å²) < 4.78 is 16.3. The Morgan fingerprint density at radius 2 is 1.47 bits per heavy atom. The van der Waals surface area contributed by atoms with Gasteiger partial charge in [0.25, 0.3) is 11.8 Å². The van der Waals surface area contributed by atoms with E-state index < -0.39 is 52.9 Å². The fourth-order valence-electron chi connectivity index (χ4n) is 3.79. The summed E-state index contributed by atoms with van der Waals surface area (Å²) in [6, 6.07) is -0.940. The summed E-state index contributed by atoms with van der Waals surface area (Å²) in [7, 11) is 0. The summed E-state index contributed by atoms with van der Waals surface area (Å²) in [4.78, 5) is 50.4. The number of rotatable bonds is 4. The zero-order valence-electron chi connectivity index (χ0n) is 16.8. The fourth-order valence-corrected chi connectivity index (χ4v) is 5.80. The number of halogens is 5. The van der Waals surface area contributed by atoms with Crippen LogP contribution < -0.4 is 0 Å². The number of carbonyl (C=O) groups excluding carboxylic acids is 4. The van der Waals surface area contributed by atoms with E-state index in [9.17, 15) is 19.2 Å². The van der Waals surface area contributed by atoms with Crippen LogP contribution in [0.4, 0.5) is 0 Å². The highest BCUT2D eigenvalue weighted by Crippen LogP contribution is 2.47. The van der Waals surface area contributed by atoms with Gasteiger partial charge in [0.05, 0.1) is 37.3 Å². The summed E-state index contributed by atoms with van der Waals surface area (Å²) in [5.74, 6) is -3.30. The Bertz CT molecular complexity index is 973. The Hall–Kier alpha value is -1.10. The van der Waals surface area contributed by atoms with Crippen molar-refractivity contribution in [2.45, 2.75) is 44.0 Å². The Labute approximate surface area is 211 Å². The molecule has 13 heteroatoms. The van der Waals surface area contributed by atoms with Crippen LogP contribution in [-0.4, -0.2) is 58.5 Å². The van der Waals surface area contributed by atoms with Crippen molar-refractivity contribution < 1.29 is 33.4 Å². The van der Waals surface area contributed by atoms with Gasteiger partial charge in [-0.25, -0.2) is 0 Å². The number of carbonyl (C=O) groups is 4. The molecule has 1 aromatic rings. The molecular formula is C19H16BrCl4NO7. The standard InChI is InChI=1S/C19H16BrCl4NO7/c1-5-15(17(20)32-8(4-30-6(2)26)16(5)31-7(3)27)25-18(28)9-10(19(25)29)12(22)14(24)13(23)11(9)21/h5,8,15-17H,4H2,1-3H3/t5-,8?,15?,16-,17?/m1/s1. The minimum absolute atomic E-state index is 0.150. The highest BCUT2D eigenvalue weighted by Gasteiger charge is 2.54. The molecule has 3 unspecified atom stereocenters. The number of imide groups is 1. The molecule has 5 atom stereocenters. The molecule has 2 aliphatic heterocycles. The molecule has 2 heterocycles. The quantitative estimate of drug-likeness (QED) is 0.167. The van der Waals surface area contributed by atoms with Crippen LogP contribution in [0.1, 0.15) is 41.5 Å². The van der Waals surface area contributed by atoms with E-state index in [1.165, 1.54) is 13.8 Å². The summed E-state index contributed by atoms with van der Waals surface area (Å²) in [5.41, 5.74) is -0.344. The first kappa shape index (κ1) is 25.5. The van der Waals surface area contributed by atoms with Crippen LogP contribution in [0.2, 0.25) is 20.1 Å². The Morgan fingerprint density at radius 3 is 1.91 bits per heavy atom. The highest BCUT2D eigenvalue weighted by atomic mass is 79.9. The first-order chi connectivity index (χ1) is 14.9. The van der Waals surface area contributed by atoms with Crippen molar-refractivity contribution in [1.82, 2.24) is 4.90 Å². The number of hydrogen-bond acceptors (Lipinski definition) is 7. The molecule has 32 heavy (non-hydrogen) atoms. The van der Waals surface area contributed by atoms with Gasteiger partial charge in [-0.2, -0.15) is 0 Å². The summed E-state index contributed by atoms with van der Waals surface area (Å²) >= 11 is 27.9. The summed E-state index contributed by atoms with van der Waals surface area (Å²) in [6.07, 6.45) is -1.78. The lowest BCUT2D eigenvalue weighted by atomic mass is 9.88. The number of esters is 2. The maximum atomic E-state index is 13.3. The predicted molar refractivity (Wildman–Crippen MR) is 120 cm³/mol. The second-order valence-electron chi connectivity index (χ2n) is 7.24. The molecule has 1 saturated heterocycles. The summed E-state index contributed by atoms with van der Waals surface area (Å²) in [5, 5.41) is -1.59. The molecule has 1 aromatic carbocycles. The molecule has 0 radical (unpaired) electrons. The van der Waals surface area contributed by atoms with E-state index in [0.29, 0.717) is 0 Å². The van der Waals surface area contributed by atoms with Crippen LogP contribution in [0, 0.1) is 5.92 Å². The average molecular weight is 592 g/mol. The van der Waals surface area contributed by atoms with Gasteiger partial charge in [-0.3, -0.25) is 24.1 Å². The fraction of sp³-hybridized carbons (Fsp3) is 0.474. The molecular weight excluding hydrogens is 576 g/mol. The normalized spacial score (nSPS) is 27.4. The molecule has 174 valence electrons. The third-order valence-corrected chi connectivity index (χ3v) is 7.74. The number of ether oxygens (including phenoxy) is 3. The third kappa shape index (κ3) is 4.35. The van der Waals surface area contributed by atoms with E-state index in [1.54, 1.807) is 6.92 Å². The van der Waals surface area contributed by atoms with Crippen molar-refractivity contribution in [2.24, 2.45) is 5.92 Å².